The summed E-state index contributed by atoms with van der Waals surface area (Å²) in [6.07, 6.45) is 2.60. The molecule has 0 heterocycles. The van der Waals surface area contributed by atoms with Crippen molar-refractivity contribution in [2.45, 2.75) is 25.3 Å². The summed E-state index contributed by atoms with van der Waals surface area (Å²) in [6.45, 7) is 0. The summed E-state index contributed by atoms with van der Waals surface area (Å²) in [5.74, 6) is -0.807. The van der Waals surface area contributed by atoms with Crippen LogP contribution in [0.15, 0.2) is 36.4 Å². The second-order valence-corrected chi connectivity index (χ2v) is 5.32. The number of ether oxygens (including phenoxy) is 1. The lowest BCUT2D eigenvalue weighted by molar-refractivity contribution is 0.413. The van der Waals surface area contributed by atoms with Crippen LogP contribution >= 0.6 is 0 Å². The Balaban J connectivity index is 1.78. The molecule has 1 aliphatic rings. The van der Waals surface area contributed by atoms with E-state index < -0.39 is 11.6 Å². The van der Waals surface area contributed by atoms with Gasteiger partial charge in [0, 0.05) is 6.04 Å². The van der Waals surface area contributed by atoms with E-state index in [1.807, 2.05) is 12.1 Å². The molecule has 0 fully saturated rings. The molecule has 0 saturated heterocycles. The average molecular weight is 289 g/mol. The number of anilines is 1. The molecule has 0 amide bonds. The fraction of sp³-hybridized carbons (Fsp3) is 0.294. The molecule has 4 heteroatoms. The predicted octanol–water partition coefficient (Wildman–Crippen LogP) is 3.94. The highest BCUT2D eigenvalue weighted by atomic mass is 19.2. The Kier molecular flexibility index (Phi) is 3.78. The third-order valence-corrected chi connectivity index (χ3v) is 3.95. The van der Waals surface area contributed by atoms with Crippen LogP contribution in [0, 0.1) is 11.6 Å². The smallest absolute Gasteiger partial charge is 0.181 e. The number of aryl methyl sites for hydroxylation is 1. The summed E-state index contributed by atoms with van der Waals surface area (Å²) in [5, 5.41) is 3.11. The number of benzene rings is 2. The van der Waals surface area contributed by atoms with E-state index in [4.69, 9.17) is 4.74 Å². The van der Waals surface area contributed by atoms with Gasteiger partial charge < -0.3 is 10.1 Å². The number of halogens is 2. The van der Waals surface area contributed by atoms with E-state index >= 15 is 0 Å². The van der Waals surface area contributed by atoms with Gasteiger partial charge in [-0.1, -0.05) is 12.1 Å². The van der Waals surface area contributed by atoms with Crippen LogP contribution < -0.4 is 10.1 Å². The Morgan fingerprint density at radius 1 is 1.14 bits per heavy atom. The maximum atomic E-state index is 13.7. The largest absolute Gasteiger partial charge is 0.497 e. The van der Waals surface area contributed by atoms with Gasteiger partial charge in [0.05, 0.1) is 12.8 Å². The molecule has 110 valence electrons. The van der Waals surface area contributed by atoms with Crippen LogP contribution in [-0.4, -0.2) is 13.2 Å². The first-order chi connectivity index (χ1) is 10.2. The van der Waals surface area contributed by atoms with Gasteiger partial charge in [0.1, 0.15) is 5.75 Å². The summed E-state index contributed by atoms with van der Waals surface area (Å²) in [6, 6.07) is 10.4. The van der Waals surface area contributed by atoms with Gasteiger partial charge in [-0.05, 0) is 54.7 Å². The van der Waals surface area contributed by atoms with Gasteiger partial charge in [-0.3, -0.25) is 0 Å². The lowest BCUT2D eigenvalue weighted by Gasteiger charge is -2.27. The van der Waals surface area contributed by atoms with Crippen LogP contribution in [0.5, 0.6) is 5.75 Å². The maximum absolute atomic E-state index is 13.7. The molecule has 21 heavy (non-hydrogen) atoms. The van der Waals surface area contributed by atoms with Crippen molar-refractivity contribution < 1.29 is 13.5 Å². The van der Waals surface area contributed by atoms with Crippen molar-refractivity contribution in [2.24, 2.45) is 0 Å². The summed E-state index contributed by atoms with van der Waals surface area (Å²) in [5.41, 5.74) is 2.73. The van der Waals surface area contributed by atoms with Crippen LogP contribution in [0.2, 0.25) is 0 Å². The molecule has 2 aromatic carbocycles. The molecule has 2 nitrogen and oxygen atoms in total. The van der Waals surface area contributed by atoms with Gasteiger partial charge in [-0.15, -0.1) is 0 Å². The zero-order valence-corrected chi connectivity index (χ0v) is 11.8. The monoisotopic (exact) mass is 289 g/mol. The quantitative estimate of drug-likeness (QED) is 0.924. The third kappa shape index (κ3) is 2.84. The second kappa shape index (κ2) is 5.72. The molecule has 0 saturated carbocycles. The van der Waals surface area contributed by atoms with Gasteiger partial charge in [0.15, 0.2) is 11.6 Å². The van der Waals surface area contributed by atoms with E-state index in [1.54, 1.807) is 13.2 Å². The van der Waals surface area contributed by atoms with E-state index in [-0.39, 0.29) is 11.7 Å². The van der Waals surface area contributed by atoms with Crippen molar-refractivity contribution in [3.8, 4) is 5.75 Å². The molecule has 0 spiro atoms. The minimum absolute atomic E-state index is 0.0981. The average Bonchev–Trinajstić information content (AvgIpc) is 2.51. The van der Waals surface area contributed by atoms with Crippen molar-refractivity contribution in [2.75, 3.05) is 12.4 Å². The van der Waals surface area contributed by atoms with Crippen molar-refractivity contribution in [1.82, 2.24) is 0 Å². The topological polar surface area (TPSA) is 21.3 Å². The first kappa shape index (κ1) is 13.9. The molecule has 1 aliphatic carbocycles. The Hall–Kier alpha value is -2.10. The van der Waals surface area contributed by atoms with Crippen molar-refractivity contribution in [3.63, 3.8) is 0 Å². The molecule has 1 unspecified atom stereocenters. The van der Waals surface area contributed by atoms with Gasteiger partial charge in [0.25, 0.3) is 0 Å². The van der Waals surface area contributed by atoms with E-state index in [1.165, 1.54) is 17.2 Å². The molecule has 0 aliphatic heterocycles. The Labute approximate surface area is 122 Å². The Morgan fingerprint density at radius 2 is 2.00 bits per heavy atom. The first-order valence-corrected chi connectivity index (χ1v) is 7.03. The summed E-state index contributed by atoms with van der Waals surface area (Å²) < 4.78 is 32.2. The van der Waals surface area contributed by atoms with E-state index in [0.29, 0.717) is 0 Å². The highest BCUT2D eigenvalue weighted by Gasteiger charge is 2.20. The molecular formula is C17H17F2NO. The van der Waals surface area contributed by atoms with Crippen molar-refractivity contribution in [1.29, 1.82) is 0 Å². The van der Waals surface area contributed by atoms with E-state index in [2.05, 4.69) is 11.4 Å². The molecule has 0 radical (unpaired) electrons. The molecule has 2 aromatic rings. The van der Waals surface area contributed by atoms with E-state index in [0.717, 1.165) is 31.1 Å². The van der Waals surface area contributed by atoms with Crippen molar-refractivity contribution >= 4 is 5.69 Å². The minimum atomic E-state index is -0.821. The standard InChI is InChI=1S/C17H17F2NO/c1-21-14-8-6-11-5-7-13(9-12(11)10-14)20-16-4-2-3-15(18)17(16)19/h2-4,6,8,10,13,20H,5,7,9H2,1H3. The highest BCUT2D eigenvalue weighted by molar-refractivity contribution is 5.47. The molecule has 3 rings (SSSR count). The normalized spacial score (nSPS) is 17.2. The van der Waals surface area contributed by atoms with Crippen LogP contribution in [-0.2, 0) is 12.8 Å². The van der Waals surface area contributed by atoms with Crippen LogP contribution in [0.4, 0.5) is 14.5 Å². The third-order valence-electron chi connectivity index (χ3n) is 3.95. The highest BCUT2D eigenvalue weighted by Crippen LogP contribution is 2.28. The number of rotatable bonds is 3. The zero-order valence-electron chi connectivity index (χ0n) is 11.8. The predicted molar refractivity (Wildman–Crippen MR) is 78.8 cm³/mol. The molecular weight excluding hydrogens is 272 g/mol. The lowest BCUT2D eigenvalue weighted by Crippen LogP contribution is -2.27. The summed E-state index contributed by atoms with van der Waals surface area (Å²) in [7, 11) is 1.64. The second-order valence-electron chi connectivity index (χ2n) is 5.32. The van der Waals surface area contributed by atoms with Gasteiger partial charge in [-0.25, -0.2) is 8.78 Å². The summed E-state index contributed by atoms with van der Waals surface area (Å²) in [4.78, 5) is 0. The number of hydrogen-bond donors (Lipinski definition) is 1. The molecule has 1 atom stereocenters. The minimum Gasteiger partial charge on any atom is -0.497 e. The van der Waals surface area contributed by atoms with Crippen molar-refractivity contribution in [3.05, 3.63) is 59.2 Å². The maximum Gasteiger partial charge on any atom is 0.181 e. The van der Waals surface area contributed by atoms with Gasteiger partial charge in [-0.2, -0.15) is 0 Å². The molecule has 1 N–H and O–H groups in total. The Bertz CT molecular complexity index is 657. The number of fused-ring (bicyclic) bond motifs is 1. The fourth-order valence-corrected chi connectivity index (χ4v) is 2.82. The number of hydrogen-bond acceptors (Lipinski definition) is 2. The molecule has 0 bridgehead atoms. The van der Waals surface area contributed by atoms with Gasteiger partial charge >= 0.3 is 0 Å². The zero-order chi connectivity index (χ0) is 14.8. The van der Waals surface area contributed by atoms with Crippen LogP contribution in [0.25, 0.3) is 0 Å². The Morgan fingerprint density at radius 3 is 2.81 bits per heavy atom. The van der Waals surface area contributed by atoms with Crippen LogP contribution in [0.3, 0.4) is 0 Å². The SMILES string of the molecule is COc1ccc2c(c1)CC(Nc1cccc(F)c1F)CC2. The first-order valence-electron chi connectivity index (χ1n) is 7.03. The van der Waals surface area contributed by atoms with E-state index in [9.17, 15) is 8.78 Å². The number of nitrogens with one attached hydrogen (secondary N) is 1. The number of methoxy groups -OCH3 is 1. The molecule has 0 aromatic heterocycles. The lowest BCUT2D eigenvalue weighted by atomic mass is 9.88. The van der Waals surface area contributed by atoms with Gasteiger partial charge in [0.2, 0.25) is 0 Å². The fourth-order valence-electron chi connectivity index (χ4n) is 2.82. The summed E-state index contributed by atoms with van der Waals surface area (Å²) >= 11 is 0. The van der Waals surface area contributed by atoms with Crippen LogP contribution in [0.1, 0.15) is 17.5 Å².